The van der Waals surface area contributed by atoms with Gasteiger partial charge in [-0.25, -0.2) is 0 Å². The Hall–Kier alpha value is -1.40. The van der Waals surface area contributed by atoms with Crippen molar-refractivity contribution in [1.82, 2.24) is 24.9 Å². The van der Waals surface area contributed by atoms with Gasteiger partial charge in [-0.15, -0.1) is 5.10 Å². The molecule has 0 radical (unpaired) electrons. The molecule has 2 fully saturated rings. The predicted molar refractivity (Wildman–Crippen MR) is 97.9 cm³/mol. The standard InChI is InChI=1S/C18H25N5S/c1-2-8-19-17(5-1)18-14-23(21-20-18)13-15-4-3-9-22(12-15)16-6-10-24-11-7-16/h1-2,5,8,14-16H,3-4,6-7,9-13H2/t15-/m0/s1. The number of nitrogens with zero attached hydrogens (tertiary/aromatic N) is 5. The van der Waals surface area contributed by atoms with Gasteiger partial charge in [-0.3, -0.25) is 14.6 Å². The molecule has 0 bridgehead atoms. The van der Waals surface area contributed by atoms with Crippen LogP contribution in [0.3, 0.4) is 0 Å². The Morgan fingerprint density at radius 1 is 1.12 bits per heavy atom. The molecule has 2 aliphatic rings. The monoisotopic (exact) mass is 343 g/mol. The van der Waals surface area contributed by atoms with Gasteiger partial charge in [0, 0.05) is 25.3 Å². The molecule has 4 rings (SSSR count). The van der Waals surface area contributed by atoms with Crippen LogP contribution in [0.2, 0.25) is 0 Å². The van der Waals surface area contributed by atoms with Gasteiger partial charge in [0.1, 0.15) is 5.69 Å². The molecule has 0 saturated carbocycles. The van der Waals surface area contributed by atoms with Crippen molar-refractivity contribution < 1.29 is 0 Å². The van der Waals surface area contributed by atoms with Crippen LogP contribution < -0.4 is 0 Å². The Morgan fingerprint density at radius 3 is 2.88 bits per heavy atom. The van der Waals surface area contributed by atoms with Crippen molar-refractivity contribution in [2.45, 2.75) is 38.3 Å². The summed E-state index contributed by atoms with van der Waals surface area (Å²) >= 11 is 2.11. The van der Waals surface area contributed by atoms with Gasteiger partial charge in [0.05, 0.1) is 11.9 Å². The van der Waals surface area contributed by atoms with E-state index in [9.17, 15) is 0 Å². The predicted octanol–water partition coefficient (Wildman–Crippen LogP) is 2.95. The molecule has 0 N–H and O–H groups in total. The third kappa shape index (κ3) is 3.81. The topological polar surface area (TPSA) is 46.8 Å². The number of hydrogen-bond donors (Lipinski definition) is 0. The highest BCUT2D eigenvalue weighted by Crippen LogP contribution is 2.27. The smallest absolute Gasteiger partial charge is 0.131 e. The zero-order valence-corrected chi connectivity index (χ0v) is 14.9. The Kier molecular flexibility index (Phi) is 5.13. The second-order valence-corrected chi connectivity index (χ2v) is 8.11. The van der Waals surface area contributed by atoms with Crippen LogP contribution in [0.4, 0.5) is 0 Å². The Balaban J connectivity index is 1.37. The number of likely N-dealkylation sites (tertiary alicyclic amines) is 1. The second-order valence-electron chi connectivity index (χ2n) is 6.89. The molecule has 128 valence electrons. The SMILES string of the molecule is c1ccc(-c2cn(C[C@H]3CCCN(C4CCSCC4)C3)nn2)nc1. The van der Waals surface area contributed by atoms with Crippen molar-refractivity contribution in [2.24, 2.45) is 5.92 Å². The first-order valence-corrected chi connectivity index (χ1v) is 10.2. The Morgan fingerprint density at radius 2 is 2.04 bits per heavy atom. The van der Waals surface area contributed by atoms with Crippen molar-refractivity contribution in [3.05, 3.63) is 30.6 Å². The molecule has 4 heterocycles. The lowest BCUT2D eigenvalue weighted by molar-refractivity contribution is 0.107. The third-order valence-electron chi connectivity index (χ3n) is 5.17. The molecule has 0 aliphatic carbocycles. The van der Waals surface area contributed by atoms with E-state index in [1.54, 1.807) is 6.20 Å². The summed E-state index contributed by atoms with van der Waals surface area (Å²) in [4.78, 5) is 7.10. The number of hydrogen-bond acceptors (Lipinski definition) is 5. The van der Waals surface area contributed by atoms with Gasteiger partial charge in [-0.2, -0.15) is 11.8 Å². The fraction of sp³-hybridized carbons (Fsp3) is 0.611. The molecule has 0 unspecified atom stereocenters. The summed E-state index contributed by atoms with van der Waals surface area (Å²) in [5.41, 5.74) is 1.77. The second kappa shape index (κ2) is 7.66. The van der Waals surface area contributed by atoms with Crippen LogP contribution in [-0.4, -0.2) is 55.5 Å². The van der Waals surface area contributed by atoms with Gasteiger partial charge in [-0.1, -0.05) is 11.3 Å². The maximum Gasteiger partial charge on any atom is 0.131 e. The first kappa shape index (κ1) is 16.1. The minimum absolute atomic E-state index is 0.687. The molecule has 24 heavy (non-hydrogen) atoms. The molecule has 2 aromatic rings. The largest absolute Gasteiger partial charge is 0.300 e. The maximum absolute atomic E-state index is 4.36. The van der Waals surface area contributed by atoms with E-state index in [-0.39, 0.29) is 0 Å². The summed E-state index contributed by atoms with van der Waals surface area (Å²) in [6.45, 7) is 3.47. The average molecular weight is 344 g/mol. The van der Waals surface area contributed by atoms with Crippen molar-refractivity contribution in [3.63, 3.8) is 0 Å². The summed E-state index contributed by atoms with van der Waals surface area (Å²) in [5.74, 6) is 3.36. The number of rotatable bonds is 4. The lowest BCUT2D eigenvalue weighted by Crippen LogP contribution is -2.45. The van der Waals surface area contributed by atoms with Crippen molar-refractivity contribution >= 4 is 11.8 Å². The molecule has 1 atom stereocenters. The van der Waals surface area contributed by atoms with E-state index in [1.165, 1.54) is 50.3 Å². The van der Waals surface area contributed by atoms with E-state index in [0.717, 1.165) is 24.0 Å². The minimum Gasteiger partial charge on any atom is -0.300 e. The molecular formula is C18H25N5S. The molecule has 0 amide bonds. The minimum atomic E-state index is 0.687. The molecular weight excluding hydrogens is 318 g/mol. The van der Waals surface area contributed by atoms with Gasteiger partial charge in [0.25, 0.3) is 0 Å². The number of pyridine rings is 1. The van der Waals surface area contributed by atoms with Crippen LogP contribution in [0, 0.1) is 5.92 Å². The molecule has 0 spiro atoms. The van der Waals surface area contributed by atoms with E-state index in [4.69, 9.17) is 0 Å². The van der Waals surface area contributed by atoms with E-state index in [1.807, 2.05) is 29.1 Å². The van der Waals surface area contributed by atoms with Gasteiger partial charge in [0.2, 0.25) is 0 Å². The van der Waals surface area contributed by atoms with Crippen LogP contribution >= 0.6 is 11.8 Å². The van der Waals surface area contributed by atoms with E-state index < -0.39 is 0 Å². The Bertz CT molecular complexity index is 638. The highest BCUT2D eigenvalue weighted by Gasteiger charge is 2.27. The molecule has 5 nitrogen and oxygen atoms in total. The van der Waals surface area contributed by atoms with Crippen LogP contribution in [0.5, 0.6) is 0 Å². The highest BCUT2D eigenvalue weighted by atomic mass is 32.2. The molecule has 2 saturated heterocycles. The lowest BCUT2D eigenvalue weighted by atomic mass is 9.95. The molecule has 6 heteroatoms. The summed E-state index contributed by atoms with van der Waals surface area (Å²) < 4.78 is 2.01. The van der Waals surface area contributed by atoms with E-state index >= 15 is 0 Å². The molecule has 2 aromatic heterocycles. The van der Waals surface area contributed by atoms with Crippen molar-refractivity contribution in [3.8, 4) is 11.4 Å². The summed E-state index contributed by atoms with van der Waals surface area (Å²) in [6, 6.07) is 6.71. The fourth-order valence-corrected chi connectivity index (χ4v) is 4.99. The van der Waals surface area contributed by atoms with Gasteiger partial charge in [-0.05, 0) is 61.8 Å². The van der Waals surface area contributed by atoms with E-state index in [2.05, 4.69) is 32.0 Å². The summed E-state index contributed by atoms with van der Waals surface area (Å²) in [5, 5.41) is 8.62. The normalized spacial score (nSPS) is 23.4. The Labute approximate surface area is 147 Å². The number of piperidine rings is 1. The third-order valence-corrected chi connectivity index (χ3v) is 6.22. The lowest BCUT2D eigenvalue weighted by Gasteiger charge is -2.39. The average Bonchev–Trinajstić information content (AvgIpc) is 3.12. The number of thioether (sulfide) groups is 1. The quantitative estimate of drug-likeness (QED) is 0.854. The van der Waals surface area contributed by atoms with Crippen LogP contribution in [0.1, 0.15) is 25.7 Å². The van der Waals surface area contributed by atoms with E-state index in [0.29, 0.717) is 5.92 Å². The molecule has 2 aliphatic heterocycles. The van der Waals surface area contributed by atoms with Gasteiger partial charge in [0.15, 0.2) is 0 Å². The van der Waals surface area contributed by atoms with Crippen LogP contribution in [0.25, 0.3) is 11.4 Å². The first-order chi connectivity index (χ1) is 11.9. The zero-order valence-electron chi connectivity index (χ0n) is 14.0. The van der Waals surface area contributed by atoms with Crippen LogP contribution in [0.15, 0.2) is 30.6 Å². The highest BCUT2D eigenvalue weighted by molar-refractivity contribution is 7.99. The number of aromatic nitrogens is 4. The first-order valence-electron chi connectivity index (χ1n) is 9.02. The summed E-state index contributed by atoms with van der Waals surface area (Å²) in [6.07, 6.45) is 9.19. The van der Waals surface area contributed by atoms with Crippen molar-refractivity contribution in [1.29, 1.82) is 0 Å². The molecule has 0 aromatic carbocycles. The van der Waals surface area contributed by atoms with Crippen molar-refractivity contribution in [2.75, 3.05) is 24.6 Å². The van der Waals surface area contributed by atoms with Gasteiger partial charge < -0.3 is 0 Å². The van der Waals surface area contributed by atoms with Crippen LogP contribution in [-0.2, 0) is 6.54 Å². The summed E-state index contributed by atoms with van der Waals surface area (Å²) in [7, 11) is 0. The zero-order chi connectivity index (χ0) is 16.2. The van der Waals surface area contributed by atoms with Gasteiger partial charge >= 0.3 is 0 Å². The fourth-order valence-electron chi connectivity index (χ4n) is 3.91. The maximum atomic E-state index is 4.36.